The average Bonchev–Trinajstić information content (AvgIpc) is 3.28. The van der Waals surface area contributed by atoms with Crippen molar-refractivity contribution in [2.45, 2.75) is 64.5 Å². The predicted molar refractivity (Wildman–Crippen MR) is 194 cm³/mol. The van der Waals surface area contributed by atoms with E-state index in [4.69, 9.17) is 48.0 Å². The third-order valence-electron chi connectivity index (χ3n) is 9.43. The molecule has 49 heavy (non-hydrogen) atoms. The van der Waals surface area contributed by atoms with Gasteiger partial charge in [0.25, 0.3) is 0 Å². The van der Waals surface area contributed by atoms with Crippen LogP contribution in [0.1, 0.15) is 70.5 Å². The number of amides is 2. The second-order valence-corrected chi connectivity index (χ2v) is 16.5. The van der Waals surface area contributed by atoms with Crippen LogP contribution in [0.4, 0.5) is 4.79 Å². The zero-order valence-electron chi connectivity index (χ0n) is 28.9. The van der Waals surface area contributed by atoms with Gasteiger partial charge in [0, 0.05) is 47.8 Å². The summed E-state index contributed by atoms with van der Waals surface area (Å²) in [7, 11) is -3.54. The molecular weight excluding hydrogens is 685 g/mol. The van der Waals surface area contributed by atoms with Gasteiger partial charge in [0.15, 0.2) is 0 Å². The summed E-state index contributed by atoms with van der Waals surface area (Å²) in [5.74, 6) is 1.26. The summed E-state index contributed by atoms with van der Waals surface area (Å²) in [6, 6.07) is 14.8. The molecule has 5 rings (SSSR count). The highest BCUT2D eigenvalue weighted by molar-refractivity contribution is 7.89. The van der Waals surface area contributed by atoms with Gasteiger partial charge in [-0.15, -0.1) is 0 Å². The second kappa shape index (κ2) is 14.1. The first-order valence-electron chi connectivity index (χ1n) is 16.4. The number of hydrogen-bond acceptors (Lipinski definition) is 8. The molecule has 0 unspecified atom stereocenters. The molecule has 2 aliphatic rings. The number of amidine groups is 1. The molecule has 3 heterocycles. The smallest absolute Gasteiger partial charge is 0.326 e. The highest BCUT2D eigenvalue weighted by Crippen LogP contribution is 2.54. The van der Waals surface area contributed by atoms with E-state index >= 15 is 4.79 Å². The molecule has 2 N–H and O–H groups in total. The Labute approximate surface area is 299 Å². The Morgan fingerprint density at radius 3 is 2.06 bits per heavy atom. The second-order valence-electron chi connectivity index (χ2n) is 13.9. The minimum absolute atomic E-state index is 0.0826. The number of carbonyl (C=O) groups excluding carboxylic acids is 1. The number of piperazine rings is 1. The number of sulfonamides is 1. The first-order chi connectivity index (χ1) is 23.0. The lowest BCUT2D eigenvalue weighted by Gasteiger charge is -2.47. The van der Waals surface area contributed by atoms with Gasteiger partial charge in [-0.1, -0.05) is 68.2 Å². The van der Waals surface area contributed by atoms with Gasteiger partial charge in [0.05, 0.1) is 17.9 Å². The quantitative estimate of drug-likeness (QED) is 0.295. The number of nitrogens with two attached hydrogens (primary N) is 1. The van der Waals surface area contributed by atoms with Gasteiger partial charge in [0.2, 0.25) is 15.9 Å². The highest BCUT2D eigenvalue weighted by atomic mass is 35.5. The molecule has 2 aromatic carbocycles. The maximum atomic E-state index is 15.1. The number of rotatable bonds is 9. The standard InChI is InChI=1S/C35H45Cl2N7O4S/c1-7-48-30-28(23-39-31(40-30)33(2,3)4)29-41-34(5,24-9-13-26(36)14-10-24)35(6,25-11-15-27(37)16-12-25)44(29)32(45)43-20-18-42(19-21-43)17-8-22-49(38,46)47/h9-16,23H,7-8,17-22H2,1-6H3,(H2,38,46,47)/t34-,35+/m0/s1. The number of aromatic nitrogens is 2. The van der Waals surface area contributed by atoms with Crippen molar-refractivity contribution >= 4 is 45.1 Å². The lowest BCUT2D eigenvalue weighted by Crippen LogP contribution is -2.60. The molecule has 1 fully saturated rings. The van der Waals surface area contributed by atoms with Crippen LogP contribution in [0.2, 0.25) is 10.0 Å². The number of urea groups is 1. The molecule has 11 nitrogen and oxygen atoms in total. The van der Waals surface area contributed by atoms with E-state index in [0.717, 1.165) is 11.1 Å². The molecule has 0 spiro atoms. The van der Waals surface area contributed by atoms with Crippen molar-refractivity contribution in [2.24, 2.45) is 10.1 Å². The van der Waals surface area contributed by atoms with Crippen LogP contribution in [-0.4, -0.2) is 90.0 Å². The van der Waals surface area contributed by atoms with E-state index in [9.17, 15) is 8.42 Å². The molecule has 14 heteroatoms. The van der Waals surface area contributed by atoms with Crippen LogP contribution in [0.15, 0.2) is 59.7 Å². The molecule has 0 bridgehead atoms. The summed E-state index contributed by atoms with van der Waals surface area (Å²) in [6.07, 6.45) is 2.13. The Balaban J connectivity index is 1.65. The van der Waals surface area contributed by atoms with E-state index in [2.05, 4.69) is 4.90 Å². The van der Waals surface area contributed by atoms with Gasteiger partial charge >= 0.3 is 6.03 Å². The largest absolute Gasteiger partial charge is 0.477 e. The van der Waals surface area contributed by atoms with Gasteiger partial charge in [-0.2, -0.15) is 4.98 Å². The molecule has 0 aliphatic carbocycles. The SMILES string of the molecule is CCOc1nc(C(C)(C)C)ncc1C1=N[C@@](C)(c2ccc(Cl)cc2)[C@@](C)(c2ccc(Cl)cc2)N1C(=O)N1CCN(CCCS(N)(=O)=O)CC1. The number of primary sulfonamides is 1. The van der Waals surface area contributed by atoms with E-state index in [1.54, 1.807) is 11.1 Å². The first kappa shape index (κ1) is 37.0. The van der Waals surface area contributed by atoms with E-state index < -0.39 is 21.1 Å². The van der Waals surface area contributed by atoms with Gasteiger partial charge in [-0.3, -0.25) is 14.8 Å². The molecule has 2 amide bonds. The van der Waals surface area contributed by atoms with Crippen LogP contribution in [0, 0.1) is 0 Å². The number of hydrogen-bond donors (Lipinski definition) is 1. The summed E-state index contributed by atoms with van der Waals surface area (Å²) in [4.78, 5) is 35.8. The maximum absolute atomic E-state index is 15.1. The molecule has 1 saturated heterocycles. The summed E-state index contributed by atoms with van der Waals surface area (Å²) < 4.78 is 29.1. The van der Waals surface area contributed by atoms with Crippen molar-refractivity contribution < 1.29 is 17.9 Å². The molecule has 0 radical (unpaired) electrons. The summed E-state index contributed by atoms with van der Waals surface area (Å²) >= 11 is 12.7. The van der Waals surface area contributed by atoms with E-state index in [1.807, 2.05) is 95.0 Å². The van der Waals surface area contributed by atoms with Crippen LogP contribution in [0.5, 0.6) is 5.88 Å². The monoisotopic (exact) mass is 729 g/mol. The van der Waals surface area contributed by atoms with E-state index in [-0.39, 0.29) is 17.2 Å². The fourth-order valence-corrected chi connectivity index (χ4v) is 7.27. The highest BCUT2D eigenvalue weighted by Gasteiger charge is 2.60. The number of aliphatic imine (C=N–C) groups is 1. The van der Waals surface area contributed by atoms with Crippen molar-refractivity contribution in [1.82, 2.24) is 24.7 Å². The predicted octanol–water partition coefficient (Wildman–Crippen LogP) is 5.79. The Hall–Kier alpha value is -3.29. The fourth-order valence-electron chi connectivity index (χ4n) is 6.49. The number of benzene rings is 2. The van der Waals surface area contributed by atoms with Crippen LogP contribution < -0.4 is 9.88 Å². The average molecular weight is 731 g/mol. The fraction of sp³-hybridized carbons (Fsp3) is 0.486. The zero-order chi connectivity index (χ0) is 35.8. The van der Waals surface area contributed by atoms with E-state index in [0.29, 0.717) is 78.9 Å². The molecule has 2 atom stereocenters. The summed E-state index contributed by atoms with van der Waals surface area (Å²) in [6.45, 7) is 15.0. The lowest BCUT2D eigenvalue weighted by molar-refractivity contribution is 0.0868. The molecule has 2 aliphatic heterocycles. The molecule has 1 aromatic heterocycles. The number of halogens is 2. The molecular formula is C35H45Cl2N7O4S. The molecule has 0 saturated carbocycles. The summed E-state index contributed by atoms with van der Waals surface area (Å²) in [5, 5.41) is 6.36. The normalized spacial score (nSPS) is 21.9. The zero-order valence-corrected chi connectivity index (χ0v) is 31.2. The van der Waals surface area contributed by atoms with Crippen molar-refractivity contribution in [3.05, 3.63) is 87.3 Å². The lowest BCUT2D eigenvalue weighted by atomic mass is 9.71. The number of carbonyl (C=O) groups is 1. The van der Waals surface area contributed by atoms with Gasteiger partial charge in [-0.25, -0.2) is 23.3 Å². The number of ether oxygens (including phenoxy) is 1. The Morgan fingerprint density at radius 2 is 1.53 bits per heavy atom. The van der Waals surface area contributed by atoms with Crippen molar-refractivity contribution in [3.63, 3.8) is 0 Å². The third kappa shape index (κ3) is 7.58. The van der Waals surface area contributed by atoms with Crippen LogP contribution in [0.3, 0.4) is 0 Å². The number of nitrogens with zero attached hydrogens (tertiary/aromatic N) is 6. The van der Waals surface area contributed by atoms with Crippen LogP contribution >= 0.6 is 23.2 Å². The van der Waals surface area contributed by atoms with Crippen LogP contribution in [0.25, 0.3) is 0 Å². The van der Waals surface area contributed by atoms with Gasteiger partial charge in [0.1, 0.15) is 22.7 Å². The molecule has 264 valence electrons. The van der Waals surface area contributed by atoms with Crippen LogP contribution in [-0.2, 0) is 26.5 Å². The van der Waals surface area contributed by atoms with E-state index in [1.165, 1.54) is 0 Å². The minimum atomic E-state index is -3.54. The van der Waals surface area contributed by atoms with Crippen molar-refractivity contribution in [1.29, 1.82) is 0 Å². The Bertz CT molecular complexity index is 1810. The molecule has 3 aromatic rings. The van der Waals surface area contributed by atoms with Crippen molar-refractivity contribution in [3.8, 4) is 5.88 Å². The first-order valence-corrected chi connectivity index (χ1v) is 18.9. The maximum Gasteiger partial charge on any atom is 0.326 e. The Kier molecular flexibility index (Phi) is 10.7. The Morgan fingerprint density at radius 1 is 0.959 bits per heavy atom. The van der Waals surface area contributed by atoms with Gasteiger partial charge < -0.3 is 9.64 Å². The summed E-state index contributed by atoms with van der Waals surface area (Å²) in [5.41, 5.74) is -0.251. The minimum Gasteiger partial charge on any atom is -0.477 e. The third-order valence-corrected chi connectivity index (χ3v) is 10.8. The van der Waals surface area contributed by atoms with Crippen molar-refractivity contribution in [2.75, 3.05) is 45.1 Å². The van der Waals surface area contributed by atoms with Gasteiger partial charge in [-0.05, 0) is 69.1 Å². The topological polar surface area (TPSA) is 134 Å².